The molecule has 0 radical (unpaired) electrons. The highest BCUT2D eigenvalue weighted by atomic mass is 16.8. The molecular formula is C47H76O18. The predicted molar refractivity (Wildman–Crippen MR) is 225 cm³/mol. The summed E-state index contributed by atoms with van der Waals surface area (Å²) in [5.41, 5.74) is 1.39. The van der Waals surface area contributed by atoms with E-state index in [0.29, 0.717) is 49.0 Å². The van der Waals surface area contributed by atoms with Gasteiger partial charge in [-0.1, -0.05) is 39.3 Å². The normalized spacial score (nSPS) is 56.7. The summed E-state index contributed by atoms with van der Waals surface area (Å²) in [5.74, 6) is 1.92. The lowest BCUT2D eigenvalue weighted by molar-refractivity contribution is -0.389. The number of hydrogen-bond donors (Lipinski definition) is 9. The maximum atomic E-state index is 12.0. The molecule has 9 aliphatic rings. The van der Waals surface area contributed by atoms with Gasteiger partial charge in [-0.15, -0.1) is 0 Å². The third-order valence-corrected chi connectivity index (χ3v) is 18.1. The molecule has 0 aromatic rings. The second kappa shape index (κ2) is 18.6. The number of ether oxygens (including phenoxy) is 9. The molecule has 0 aromatic heterocycles. The topological polar surface area (TPSA) is 265 Å². The number of rotatable bonds is 10. The molecule has 18 nitrogen and oxygen atoms in total. The van der Waals surface area contributed by atoms with Crippen LogP contribution in [0.5, 0.6) is 0 Å². The van der Waals surface area contributed by atoms with Gasteiger partial charge >= 0.3 is 0 Å². The van der Waals surface area contributed by atoms with Crippen LogP contribution in [0.15, 0.2) is 11.6 Å². The van der Waals surface area contributed by atoms with Crippen LogP contribution in [0.2, 0.25) is 0 Å². The van der Waals surface area contributed by atoms with Crippen LogP contribution < -0.4 is 0 Å². The smallest absolute Gasteiger partial charge is 0.187 e. The van der Waals surface area contributed by atoms with E-state index in [0.717, 1.165) is 44.9 Å². The van der Waals surface area contributed by atoms with E-state index in [-0.39, 0.29) is 29.1 Å². The maximum absolute atomic E-state index is 12.0. The standard InChI is InChI=1S/C47H76O18/c1-7-57-41-20(2)10-15-47(65-41)21(3)31-28(64-47)17-27-25-9-8-23-16-24(11-13-45(23,5)26(25)12-14-46(27,31)6)59-44-40(63-42-36(54)34(52)32(50)22(4)58-42)38(56)39(30(19-49)61-44)62-43-37(55)35(53)33(51)29(18-48)60-43/h8,20-22,24-44,48-56H,7,9-19H2,1-6H3/t20-,21+,22+,24+,25-,26+,27+,28+,29-,30-,31+,32+,33-,34-,35+,36-,37-,38+,39-,40-,41-,42+,43+,44-,45+,46+,47+/m1/s1. The van der Waals surface area contributed by atoms with Gasteiger partial charge in [0, 0.05) is 24.9 Å². The SMILES string of the molecule is CCO[C@@H]1O[C@]2(CC[C@H]1C)O[C@H]1C[C@H]3[C@@H]4CC=C5C[C@@H](O[C@@H]6O[C@H](CO)[C@@H](O[C@@H]7O[C@H](CO)[C@@H](O)[C@H](O)[C@H]7O)[C@H](O)[C@H]6O[C@@H]6O[C@@H](C)[C@H](O)[C@@H](O)[C@H]6O)CC[C@]5(C)[C@H]4CC[C@]3(C)[C@H]1[C@@H]2C. The van der Waals surface area contributed by atoms with Crippen molar-refractivity contribution in [3.63, 3.8) is 0 Å². The molecule has 0 aromatic carbocycles. The van der Waals surface area contributed by atoms with Crippen LogP contribution in [-0.2, 0) is 42.6 Å². The fraction of sp³-hybridized carbons (Fsp3) is 0.957. The molecule has 9 rings (SSSR count). The van der Waals surface area contributed by atoms with Gasteiger partial charge < -0.3 is 88.6 Å². The van der Waals surface area contributed by atoms with Gasteiger partial charge in [-0.3, -0.25) is 0 Å². The van der Waals surface area contributed by atoms with Gasteiger partial charge in [0.1, 0.15) is 67.1 Å². The Bertz CT molecular complexity index is 1690. The summed E-state index contributed by atoms with van der Waals surface area (Å²) in [5, 5.41) is 95.9. The summed E-state index contributed by atoms with van der Waals surface area (Å²) in [7, 11) is 0. The van der Waals surface area contributed by atoms with Crippen LogP contribution >= 0.6 is 0 Å². The lowest BCUT2D eigenvalue weighted by Crippen LogP contribution is -2.67. The number of hydrogen-bond acceptors (Lipinski definition) is 18. The Hall–Kier alpha value is -0.980. The minimum Gasteiger partial charge on any atom is -0.394 e. The monoisotopic (exact) mass is 929 g/mol. The van der Waals surface area contributed by atoms with E-state index in [2.05, 4.69) is 33.8 Å². The fourth-order valence-electron chi connectivity index (χ4n) is 14.4. The molecule has 1 spiro atoms. The van der Waals surface area contributed by atoms with Crippen molar-refractivity contribution in [3.8, 4) is 0 Å². The molecule has 27 atom stereocenters. The van der Waals surface area contributed by atoms with Crippen molar-refractivity contribution in [3.05, 3.63) is 11.6 Å². The Morgan fingerprint density at radius 3 is 2.05 bits per heavy atom. The van der Waals surface area contributed by atoms with Crippen molar-refractivity contribution in [2.45, 2.75) is 216 Å². The average molecular weight is 929 g/mol. The van der Waals surface area contributed by atoms with Gasteiger partial charge in [0.2, 0.25) is 0 Å². The number of aliphatic hydroxyl groups excluding tert-OH is 9. The molecule has 9 N–H and O–H groups in total. The molecule has 5 heterocycles. The molecule has 3 saturated carbocycles. The Morgan fingerprint density at radius 2 is 1.34 bits per heavy atom. The highest BCUT2D eigenvalue weighted by Crippen LogP contribution is 2.71. The van der Waals surface area contributed by atoms with Crippen molar-refractivity contribution < 1.29 is 88.6 Å². The zero-order valence-electron chi connectivity index (χ0n) is 38.6. The molecule has 4 aliphatic carbocycles. The van der Waals surface area contributed by atoms with Crippen LogP contribution in [0.3, 0.4) is 0 Å². The van der Waals surface area contributed by atoms with E-state index in [1.54, 1.807) is 0 Å². The van der Waals surface area contributed by atoms with Gasteiger partial charge in [-0.05, 0) is 99.7 Å². The van der Waals surface area contributed by atoms with Crippen molar-refractivity contribution >= 4 is 0 Å². The molecule has 0 unspecified atom stereocenters. The highest BCUT2D eigenvalue weighted by Gasteiger charge is 2.69. The first-order valence-electron chi connectivity index (χ1n) is 24.5. The van der Waals surface area contributed by atoms with Gasteiger partial charge in [0.15, 0.2) is 30.9 Å². The van der Waals surface area contributed by atoms with E-state index < -0.39 is 117 Å². The number of fused-ring (bicyclic) bond motifs is 7. The Morgan fingerprint density at radius 1 is 0.662 bits per heavy atom. The molecule has 0 bridgehead atoms. The summed E-state index contributed by atoms with van der Waals surface area (Å²) in [6.07, 6.45) is -12.8. The van der Waals surface area contributed by atoms with Crippen molar-refractivity contribution in [2.24, 2.45) is 46.3 Å². The zero-order chi connectivity index (χ0) is 46.5. The van der Waals surface area contributed by atoms with E-state index in [4.69, 9.17) is 42.6 Å². The molecule has 8 fully saturated rings. The van der Waals surface area contributed by atoms with Crippen molar-refractivity contribution in [2.75, 3.05) is 19.8 Å². The molecule has 18 heteroatoms. The molecular weight excluding hydrogens is 852 g/mol. The van der Waals surface area contributed by atoms with Crippen LogP contribution in [0.4, 0.5) is 0 Å². The fourth-order valence-corrected chi connectivity index (χ4v) is 14.4. The summed E-state index contributed by atoms with van der Waals surface area (Å²) < 4.78 is 56.4. The average Bonchev–Trinajstić information content (AvgIpc) is 3.73. The van der Waals surface area contributed by atoms with E-state index >= 15 is 0 Å². The third-order valence-electron chi connectivity index (χ3n) is 18.1. The largest absolute Gasteiger partial charge is 0.394 e. The quantitative estimate of drug-likeness (QED) is 0.136. The maximum Gasteiger partial charge on any atom is 0.187 e. The van der Waals surface area contributed by atoms with Crippen LogP contribution in [0, 0.1) is 46.3 Å². The summed E-state index contributed by atoms with van der Waals surface area (Å²) in [6, 6.07) is 0. The summed E-state index contributed by atoms with van der Waals surface area (Å²) in [4.78, 5) is 0. The lowest BCUT2D eigenvalue weighted by Gasteiger charge is -2.59. The van der Waals surface area contributed by atoms with Gasteiger partial charge in [-0.2, -0.15) is 0 Å². The minimum absolute atomic E-state index is 0.0587. The van der Waals surface area contributed by atoms with Crippen molar-refractivity contribution in [1.82, 2.24) is 0 Å². The molecule has 5 saturated heterocycles. The molecule has 0 amide bonds. The van der Waals surface area contributed by atoms with Crippen LogP contribution in [0.1, 0.15) is 99.3 Å². The summed E-state index contributed by atoms with van der Waals surface area (Å²) >= 11 is 0. The van der Waals surface area contributed by atoms with Gasteiger partial charge in [0.25, 0.3) is 0 Å². The lowest BCUT2D eigenvalue weighted by atomic mass is 9.47. The third kappa shape index (κ3) is 8.21. The van der Waals surface area contributed by atoms with E-state index in [9.17, 15) is 46.0 Å². The second-order valence-electron chi connectivity index (χ2n) is 21.6. The first kappa shape index (κ1) is 49.0. The predicted octanol–water partition coefficient (Wildman–Crippen LogP) is 0.577. The van der Waals surface area contributed by atoms with E-state index in [1.165, 1.54) is 12.5 Å². The second-order valence-corrected chi connectivity index (χ2v) is 21.6. The number of aliphatic hydroxyl groups is 9. The first-order chi connectivity index (χ1) is 30.9. The first-order valence-corrected chi connectivity index (χ1v) is 24.5. The van der Waals surface area contributed by atoms with E-state index in [1.807, 2.05) is 6.92 Å². The Kier molecular flexibility index (Phi) is 14.1. The number of allylic oxidation sites excluding steroid dienone is 1. The molecule has 5 aliphatic heterocycles. The Balaban J connectivity index is 0.911. The van der Waals surface area contributed by atoms with Gasteiger partial charge in [-0.25, -0.2) is 0 Å². The highest BCUT2D eigenvalue weighted by molar-refractivity contribution is 5.26. The molecule has 65 heavy (non-hydrogen) atoms. The Labute approximate surface area is 381 Å². The zero-order valence-corrected chi connectivity index (χ0v) is 38.6. The minimum atomic E-state index is -1.82. The summed E-state index contributed by atoms with van der Waals surface area (Å²) in [6.45, 7) is 12.2. The molecule has 372 valence electrons. The van der Waals surface area contributed by atoms with Crippen LogP contribution in [-0.4, -0.2) is 182 Å². The van der Waals surface area contributed by atoms with Gasteiger partial charge in [0.05, 0.1) is 31.5 Å². The van der Waals surface area contributed by atoms with Crippen LogP contribution in [0.25, 0.3) is 0 Å². The van der Waals surface area contributed by atoms with Crippen molar-refractivity contribution in [1.29, 1.82) is 0 Å².